The monoisotopic (exact) mass is 592 g/mol. The van der Waals surface area contributed by atoms with Gasteiger partial charge in [0, 0.05) is 0 Å². The predicted octanol–water partition coefficient (Wildman–Crippen LogP) is 8.86. The van der Waals surface area contributed by atoms with Crippen molar-refractivity contribution < 1.29 is 0 Å². The Morgan fingerprint density at radius 2 is 0.393 bits per heavy atom. The van der Waals surface area contributed by atoms with E-state index in [1.807, 2.05) is 0 Å². The van der Waals surface area contributed by atoms with Crippen molar-refractivity contribution in [2.75, 3.05) is 0 Å². The SMILES string of the molecule is C[Si](C)(C)[CH]([In]([CH]([Si](C)(C)C)[Si](C)(C)C)[CH]([Si](C)(C)C)[Si](C)(C)C)[Si](C)(C)C. The van der Waals surface area contributed by atoms with Crippen LogP contribution in [0.1, 0.15) is 0 Å². The summed E-state index contributed by atoms with van der Waals surface area (Å²) in [7, 11) is -7.09. The van der Waals surface area contributed by atoms with Gasteiger partial charge >= 0.3 is 196 Å². The number of hydrogen-bond donors (Lipinski definition) is 0. The van der Waals surface area contributed by atoms with Crippen LogP contribution in [0.15, 0.2) is 0 Å². The van der Waals surface area contributed by atoms with Crippen LogP contribution in [-0.4, -0.2) is 69.9 Å². The van der Waals surface area contributed by atoms with Crippen LogP contribution in [0.4, 0.5) is 0 Å². The first-order valence-electron chi connectivity index (χ1n) is 11.7. The van der Waals surface area contributed by atoms with Crippen LogP contribution in [0.5, 0.6) is 0 Å². The fourth-order valence-electron chi connectivity index (χ4n) is 7.94. The third kappa shape index (κ3) is 8.26. The zero-order valence-corrected chi connectivity index (χ0v) is 32.6. The molecule has 168 valence electrons. The maximum absolute atomic E-state index is 2.77. The summed E-state index contributed by atoms with van der Waals surface area (Å²) in [5.41, 5.74) is 0. The van der Waals surface area contributed by atoms with Gasteiger partial charge in [0.15, 0.2) is 0 Å². The van der Waals surface area contributed by atoms with Gasteiger partial charge in [-0.15, -0.1) is 0 Å². The first-order valence-corrected chi connectivity index (χ1v) is 38.9. The Morgan fingerprint density at radius 1 is 0.286 bits per heavy atom. The maximum atomic E-state index is 2.77. The van der Waals surface area contributed by atoms with Gasteiger partial charge in [-0.3, -0.25) is 0 Å². The quantitative estimate of drug-likeness (QED) is 0.235. The fraction of sp³-hybridized carbons (Fsp3) is 1.00. The van der Waals surface area contributed by atoms with Crippen molar-refractivity contribution in [1.29, 1.82) is 0 Å². The second-order valence-corrected chi connectivity index (χ2v) is 70.5. The molecule has 0 aromatic rings. The third-order valence-corrected chi connectivity index (χ3v) is 107. The van der Waals surface area contributed by atoms with E-state index in [2.05, 4.69) is 118 Å². The first-order chi connectivity index (χ1) is 11.7. The summed E-state index contributed by atoms with van der Waals surface area (Å²) in [5, 5.41) is 0. The molecule has 0 spiro atoms. The number of hydrogen-bond acceptors (Lipinski definition) is 0. The Morgan fingerprint density at radius 3 is 0.464 bits per heavy atom. The molecule has 0 amide bonds. The molecular weight excluding hydrogens is 536 g/mol. The first kappa shape index (κ1) is 30.2. The summed E-state index contributed by atoms with van der Waals surface area (Å²) < 4.78 is 3.77. The molecular formula is C21H57InSi6. The molecule has 0 nitrogen and oxygen atoms in total. The third-order valence-electron chi connectivity index (χ3n) is 6.75. The van der Waals surface area contributed by atoms with Crippen LogP contribution in [0.2, 0.25) is 127 Å². The van der Waals surface area contributed by atoms with Crippen molar-refractivity contribution in [3.05, 3.63) is 0 Å². The van der Waals surface area contributed by atoms with E-state index in [9.17, 15) is 0 Å². The van der Waals surface area contributed by atoms with Crippen molar-refractivity contribution in [2.45, 2.75) is 127 Å². The van der Waals surface area contributed by atoms with Gasteiger partial charge < -0.3 is 0 Å². The fourth-order valence-corrected chi connectivity index (χ4v) is 140. The summed E-state index contributed by atoms with van der Waals surface area (Å²) in [6.07, 6.45) is 0. The van der Waals surface area contributed by atoms with Crippen LogP contribution in [0.25, 0.3) is 0 Å². The molecule has 0 aliphatic heterocycles. The van der Waals surface area contributed by atoms with E-state index >= 15 is 0 Å². The standard InChI is InChI=1S/3C7H19Si2.In/c3*1-8(2,3)7-9(4,5)6;/h3*7H,1-6H3;. The molecule has 0 bridgehead atoms. The summed E-state index contributed by atoms with van der Waals surface area (Å²) in [6.45, 7) is 49.9. The van der Waals surface area contributed by atoms with Crippen LogP contribution in [0.3, 0.4) is 0 Å². The van der Waals surface area contributed by atoms with Gasteiger partial charge in [-0.25, -0.2) is 0 Å². The zero-order valence-electron chi connectivity index (χ0n) is 23.3. The van der Waals surface area contributed by atoms with Gasteiger partial charge in [0.05, 0.1) is 0 Å². The van der Waals surface area contributed by atoms with Gasteiger partial charge in [0.1, 0.15) is 0 Å². The van der Waals surface area contributed by atoms with Gasteiger partial charge in [-0.05, 0) is 0 Å². The van der Waals surface area contributed by atoms with Crippen molar-refractivity contribution >= 4 is 69.9 Å². The molecule has 0 fully saturated rings. The minimum atomic E-state index is -1.97. The summed E-state index contributed by atoms with van der Waals surface area (Å²) in [6, 6.07) is 0. The molecule has 0 aromatic carbocycles. The molecule has 7 heteroatoms. The van der Waals surface area contributed by atoms with E-state index in [0.29, 0.717) is 0 Å². The molecule has 0 unspecified atom stereocenters. The van der Waals surface area contributed by atoms with Crippen molar-refractivity contribution in [1.82, 2.24) is 0 Å². The summed E-state index contributed by atoms with van der Waals surface area (Å²) in [4.78, 5) is 0. The zero-order chi connectivity index (χ0) is 23.3. The molecule has 28 heavy (non-hydrogen) atoms. The Balaban J connectivity index is 7.30. The Hall–Kier alpha value is 2.17. The predicted molar refractivity (Wildman–Crippen MR) is 157 cm³/mol. The Labute approximate surface area is 195 Å². The van der Waals surface area contributed by atoms with E-state index in [-0.39, 0.29) is 0 Å². The second kappa shape index (κ2) is 9.20. The van der Waals surface area contributed by atoms with Crippen molar-refractivity contribution in [3.8, 4) is 0 Å². The molecule has 0 aromatic heterocycles. The Kier molecular flexibility index (Phi) is 9.91. The molecule has 0 aliphatic rings. The van der Waals surface area contributed by atoms with Crippen LogP contribution in [-0.2, 0) is 0 Å². The van der Waals surface area contributed by atoms with Gasteiger partial charge in [-0.1, -0.05) is 0 Å². The summed E-state index contributed by atoms with van der Waals surface area (Å²) in [5.74, 6) is 0. The minimum absolute atomic E-state index is 1.18. The summed E-state index contributed by atoms with van der Waals surface area (Å²) >= 11 is -1.97. The molecule has 0 radical (unpaired) electrons. The van der Waals surface area contributed by atoms with Gasteiger partial charge in [0.25, 0.3) is 0 Å². The van der Waals surface area contributed by atoms with Crippen molar-refractivity contribution in [2.24, 2.45) is 0 Å². The van der Waals surface area contributed by atoms with E-state index in [0.717, 1.165) is 0 Å². The average Bonchev–Trinajstić information content (AvgIpc) is 2.13. The molecule has 0 aliphatic carbocycles. The number of rotatable bonds is 9. The van der Waals surface area contributed by atoms with Crippen molar-refractivity contribution in [3.63, 3.8) is 0 Å². The molecule has 0 N–H and O–H groups in total. The van der Waals surface area contributed by atoms with E-state index in [1.165, 1.54) is 8.76 Å². The molecule has 0 saturated carbocycles. The topological polar surface area (TPSA) is 0 Å². The van der Waals surface area contributed by atoms with E-state index in [4.69, 9.17) is 0 Å². The second-order valence-electron chi connectivity index (χ2n) is 16.2. The molecule has 0 saturated heterocycles. The molecule has 0 heterocycles. The molecule has 0 atom stereocenters. The average molecular weight is 593 g/mol. The van der Waals surface area contributed by atoms with Gasteiger partial charge in [0.2, 0.25) is 0 Å². The van der Waals surface area contributed by atoms with E-state index in [1.54, 1.807) is 0 Å². The van der Waals surface area contributed by atoms with Crippen LogP contribution >= 0.6 is 0 Å². The molecule has 0 rings (SSSR count). The van der Waals surface area contributed by atoms with Gasteiger partial charge in [-0.2, -0.15) is 0 Å². The van der Waals surface area contributed by atoms with Crippen LogP contribution < -0.4 is 0 Å². The normalized spacial score (nSPS) is 15.8. The Bertz CT molecular complexity index is 388. The van der Waals surface area contributed by atoms with Crippen LogP contribution in [0, 0.1) is 0 Å². The van der Waals surface area contributed by atoms with E-state index < -0.39 is 69.9 Å².